The maximum absolute atomic E-state index is 12.1. The van der Waals surface area contributed by atoms with Crippen molar-refractivity contribution in [3.8, 4) is 0 Å². The molecule has 0 spiro atoms. The number of carbonyl (C=O) groups excluding carboxylic acids is 2. The molecule has 1 heterocycles. The number of anilines is 1. The minimum atomic E-state index is -0.611. The van der Waals surface area contributed by atoms with E-state index in [4.69, 9.17) is 4.74 Å². The SMILES string of the molecule is COC(=O)N(CC(=O)c1ncccn1)c1ccccc1. The zero-order chi connectivity index (χ0) is 14.4. The zero-order valence-corrected chi connectivity index (χ0v) is 10.9. The average Bonchev–Trinajstić information content (AvgIpc) is 2.53. The summed E-state index contributed by atoms with van der Waals surface area (Å²) in [5.41, 5.74) is 0.573. The molecular weight excluding hydrogens is 258 g/mol. The van der Waals surface area contributed by atoms with Gasteiger partial charge in [0.05, 0.1) is 13.7 Å². The molecule has 0 aliphatic carbocycles. The van der Waals surface area contributed by atoms with E-state index in [0.717, 1.165) is 0 Å². The molecule has 6 nitrogen and oxygen atoms in total. The highest BCUT2D eigenvalue weighted by molar-refractivity contribution is 6.01. The van der Waals surface area contributed by atoms with Crippen LogP contribution >= 0.6 is 0 Å². The molecule has 20 heavy (non-hydrogen) atoms. The van der Waals surface area contributed by atoms with Gasteiger partial charge in [0, 0.05) is 18.1 Å². The summed E-state index contributed by atoms with van der Waals surface area (Å²) in [6, 6.07) is 10.4. The van der Waals surface area contributed by atoms with Crippen LogP contribution in [0, 0.1) is 0 Å². The van der Waals surface area contributed by atoms with Gasteiger partial charge in [-0.05, 0) is 18.2 Å². The van der Waals surface area contributed by atoms with E-state index in [-0.39, 0.29) is 18.2 Å². The minimum absolute atomic E-state index is 0.0670. The van der Waals surface area contributed by atoms with Gasteiger partial charge in [-0.15, -0.1) is 0 Å². The van der Waals surface area contributed by atoms with E-state index in [1.807, 2.05) is 6.07 Å². The molecule has 0 unspecified atom stereocenters. The Morgan fingerprint density at radius 2 is 1.75 bits per heavy atom. The van der Waals surface area contributed by atoms with Gasteiger partial charge in [0.1, 0.15) is 0 Å². The topological polar surface area (TPSA) is 72.4 Å². The molecule has 2 rings (SSSR count). The molecule has 0 aliphatic heterocycles. The summed E-state index contributed by atoms with van der Waals surface area (Å²) >= 11 is 0. The van der Waals surface area contributed by atoms with Crippen LogP contribution in [0.1, 0.15) is 10.6 Å². The van der Waals surface area contributed by atoms with Crippen LogP contribution in [-0.4, -0.2) is 35.5 Å². The highest BCUT2D eigenvalue weighted by Crippen LogP contribution is 2.14. The van der Waals surface area contributed by atoms with Crippen molar-refractivity contribution in [2.24, 2.45) is 0 Å². The molecule has 0 N–H and O–H groups in total. The van der Waals surface area contributed by atoms with Crippen LogP contribution in [0.15, 0.2) is 48.8 Å². The second-order valence-corrected chi connectivity index (χ2v) is 3.89. The van der Waals surface area contributed by atoms with E-state index in [1.54, 1.807) is 30.3 Å². The maximum Gasteiger partial charge on any atom is 0.414 e. The zero-order valence-electron chi connectivity index (χ0n) is 10.9. The van der Waals surface area contributed by atoms with Crippen LogP contribution in [0.5, 0.6) is 0 Å². The lowest BCUT2D eigenvalue weighted by molar-refractivity contribution is 0.0984. The van der Waals surface area contributed by atoms with Gasteiger partial charge in [0.15, 0.2) is 5.82 Å². The number of hydrogen-bond donors (Lipinski definition) is 0. The van der Waals surface area contributed by atoms with Gasteiger partial charge >= 0.3 is 6.09 Å². The molecule has 0 atom stereocenters. The molecule has 0 saturated heterocycles. The number of aromatic nitrogens is 2. The predicted molar refractivity (Wildman–Crippen MR) is 72.6 cm³/mol. The monoisotopic (exact) mass is 271 g/mol. The normalized spacial score (nSPS) is 9.85. The molecule has 6 heteroatoms. The van der Waals surface area contributed by atoms with Gasteiger partial charge in [0.2, 0.25) is 5.78 Å². The van der Waals surface area contributed by atoms with Gasteiger partial charge in [-0.3, -0.25) is 9.69 Å². The van der Waals surface area contributed by atoms with Gasteiger partial charge in [0.25, 0.3) is 0 Å². The van der Waals surface area contributed by atoms with Crippen molar-refractivity contribution in [1.82, 2.24) is 9.97 Å². The fourth-order valence-corrected chi connectivity index (χ4v) is 1.64. The number of benzene rings is 1. The Kier molecular flexibility index (Phi) is 4.39. The molecule has 102 valence electrons. The standard InChI is InChI=1S/C14H13N3O3/c1-20-14(19)17(11-6-3-2-4-7-11)10-12(18)13-15-8-5-9-16-13/h2-9H,10H2,1H3. The maximum atomic E-state index is 12.1. The van der Waals surface area contributed by atoms with Crippen LogP contribution in [0.2, 0.25) is 0 Å². The fourth-order valence-electron chi connectivity index (χ4n) is 1.64. The van der Waals surface area contributed by atoms with Crippen molar-refractivity contribution in [3.05, 3.63) is 54.6 Å². The summed E-state index contributed by atoms with van der Waals surface area (Å²) in [4.78, 5) is 32.8. The van der Waals surface area contributed by atoms with E-state index in [0.29, 0.717) is 5.69 Å². The first kappa shape index (κ1) is 13.7. The number of para-hydroxylation sites is 1. The Morgan fingerprint density at radius 3 is 2.35 bits per heavy atom. The van der Waals surface area contributed by atoms with Crippen LogP contribution in [-0.2, 0) is 4.74 Å². The summed E-state index contributed by atoms with van der Waals surface area (Å²) < 4.78 is 4.70. The van der Waals surface area contributed by atoms with Gasteiger partial charge < -0.3 is 4.74 Å². The van der Waals surface area contributed by atoms with E-state index < -0.39 is 6.09 Å². The second kappa shape index (κ2) is 6.42. The molecule has 1 amide bonds. The number of rotatable bonds is 4. The molecule has 0 aliphatic rings. The number of hydrogen-bond acceptors (Lipinski definition) is 5. The summed E-state index contributed by atoms with van der Waals surface area (Å²) in [5.74, 6) is -0.294. The quantitative estimate of drug-likeness (QED) is 0.794. The van der Waals surface area contributed by atoms with E-state index in [2.05, 4.69) is 9.97 Å². The van der Waals surface area contributed by atoms with Gasteiger partial charge in [-0.2, -0.15) is 0 Å². The highest BCUT2D eigenvalue weighted by atomic mass is 16.5. The molecule has 0 bridgehead atoms. The lowest BCUT2D eigenvalue weighted by Crippen LogP contribution is -2.36. The molecule has 2 aromatic rings. The number of nitrogens with zero attached hydrogens (tertiary/aromatic N) is 3. The van der Waals surface area contributed by atoms with Crippen molar-refractivity contribution in [2.45, 2.75) is 0 Å². The summed E-state index contributed by atoms with van der Waals surface area (Å²) in [6.07, 6.45) is 2.34. The number of amides is 1. The molecular formula is C14H13N3O3. The average molecular weight is 271 g/mol. The summed E-state index contributed by atoms with van der Waals surface area (Å²) in [5, 5.41) is 0. The third-order valence-electron chi connectivity index (χ3n) is 2.58. The first-order valence-electron chi connectivity index (χ1n) is 5.93. The number of Topliss-reactive ketones (excluding diaryl/α,β-unsaturated/α-hetero) is 1. The number of ether oxygens (including phenoxy) is 1. The largest absolute Gasteiger partial charge is 0.452 e. The number of ketones is 1. The molecule has 0 radical (unpaired) electrons. The van der Waals surface area contributed by atoms with Crippen molar-refractivity contribution in [3.63, 3.8) is 0 Å². The fraction of sp³-hybridized carbons (Fsp3) is 0.143. The summed E-state index contributed by atoms with van der Waals surface area (Å²) in [6.45, 7) is -0.180. The van der Waals surface area contributed by atoms with Crippen LogP contribution in [0.25, 0.3) is 0 Å². The number of carbonyl (C=O) groups is 2. The molecule has 0 saturated carbocycles. The number of methoxy groups -OCH3 is 1. The third-order valence-corrected chi connectivity index (χ3v) is 2.58. The van der Waals surface area contributed by atoms with Crippen molar-refractivity contribution in [2.75, 3.05) is 18.6 Å². The van der Waals surface area contributed by atoms with Crippen LogP contribution < -0.4 is 4.90 Å². The Labute approximate surface area is 116 Å². The van der Waals surface area contributed by atoms with Crippen molar-refractivity contribution in [1.29, 1.82) is 0 Å². The van der Waals surface area contributed by atoms with Gasteiger partial charge in [-0.1, -0.05) is 18.2 Å². The first-order valence-corrected chi connectivity index (χ1v) is 5.93. The molecule has 0 fully saturated rings. The second-order valence-electron chi connectivity index (χ2n) is 3.89. The first-order chi connectivity index (χ1) is 9.72. The summed E-state index contributed by atoms with van der Waals surface area (Å²) in [7, 11) is 1.27. The van der Waals surface area contributed by atoms with Crippen molar-refractivity contribution >= 4 is 17.6 Å². The van der Waals surface area contributed by atoms with Crippen molar-refractivity contribution < 1.29 is 14.3 Å². The smallest absolute Gasteiger partial charge is 0.414 e. The Bertz CT molecular complexity index is 587. The molecule has 1 aromatic heterocycles. The Hall–Kier alpha value is -2.76. The van der Waals surface area contributed by atoms with Crippen LogP contribution in [0.4, 0.5) is 10.5 Å². The highest BCUT2D eigenvalue weighted by Gasteiger charge is 2.21. The lowest BCUT2D eigenvalue weighted by Gasteiger charge is -2.19. The van der Waals surface area contributed by atoms with E-state index in [1.165, 1.54) is 24.4 Å². The van der Waals surface area contributed by atoms with E-state index in [9.17, 15) is 9.59 Å². The van der Waals surface area contributed by atoms with Crippen LogP contribution in [0.3, 0.4) is 0 Å². The lowest BCUT2D eigenvalue weighted by atomic mass is 10.2. The third kappa shape index (κ3) is 3.17. The Morgan fingerprint density at radius 1 is 1.10 bits per heavy atom. The Balaban J connectivity index is 2.21. The van der Waals surface area contributed by atoms with Gasteiger partial charge in [-0.25, -0.2) is 14.8 Å². The predicted octanol–water partition coefficient (Wildman–Crippen LogP) is 1.93. The molecule has 1 aromatic carbocycles. The minimum Gasteiger partial charge on any atom is -0.452 e. The van der Waals surface area contributed by atoms with E-state index >= 15 is 0 Å².